The van der Waals surface area contributed by atoms with Gasteiger partial charge in [0.15, 0.2) is 5.82 Å². The summed E-state index contributed by atoms with van der Waals surface area (Å²) in [4.78, 5) is 23.8. The van der Waals surface area contributed by atoms with E-state index in [9.17, 15) is 9.59 Å². The molecule has 5 N–H and O–H groups in total. The number of urea groups is 1. The van der Waals surface area contributed by atoms with E-state index in [1.54, 1.807) is 18.2 Å². The maximum atomic E-state index is 12.6. The molecule has 8 nitrogen and oxygen atoms in total. The zero-order valence-corrected chi connectivity index (χ0v) is 16.4. The van der Waals surface area contributed by atoms with Crippen LogP contribution < -0.4 is 16.4 Å². The zero-order chi connectivity index (χ0) is 20.8. The molecule has 150 valence electrons. The van der Waals surface area contributed by atoms with Crippen molar-refractivity contribution in [3.63, 3.8) is 0 Å². The first kappa shape index (κ1) is 20.2. The number of esters is 1. The van der Waals surface area contributed by atoms with Gasteiger partial charge in [0.1, 0.15) is 12.4 Å². The quantitative estimate of drug-likeness (QED) is 0.458. The number of nitrogens with two attached hydrogens (primary N) is 1. The Morgan fingerprint density at radius 2 is 1.97 bits per heavy atom. The van der Waals surface area contributed by atoms with Gasteiger partial charge in [0, 0.05) is 11.9 Å². The third-order valence-electron chi connectivity index (χ3n) is 4.10. The smallest absolute Gasteiger partial charge is 0.321 e. The van der Waals surface area contributed by atoms with E-state index in [2.05, 4.69) is 20.8 Å². The van der Waals surface area contributed by atoms with Crippen LogP contribution in [0.3, 0.4) is 0 Å². The molecule has 2 amide bonds. The number of amides is 2. The summed E-state index contributed by atoms with van der Waals surface area (Å²) >= 11 is 6.06. The van der Waals surface area contributed by atoms with Crippen molar-refractivity contribution in [3.05, 3.63) is 65.2 Å². The number of rotatable bonds is 6. The Morgan fingerprint density at radius 3 is 2.66 bits per heavy atom. The largest absolute Gasteiger partial charge is 0.463 e. The fourth-order valence-corrected chi connectivity index (χ4v) is 2.98. The average Bonchev–Trinajstić information content (AvgIpc) is 3.05. The van der Waals surface area contributed by atoms with Gasteiger partial charge in [0.2, 0.25) is 0 Å². The van der Waals surface area contributed by atoms with Crippen molar-refractivity contribution in [1.82, 2.24) is 15.5 Å². The van der Waals surface area contributed by atoms with Crippen LogP contribution in [-0.4, -0.2) is 28.8 Å². The third-order valence-corrected chi connectivity index (χ3v) is 4.34. The van der Waals surface area contributed by atoms with Gasteiger partial charge in [-0.3, -0.25) is 15.2 Å². The van der Waals surface area contributed by atoms with Gasteiger partial charge in [0.05, 0.1) is 11.6 Å². The number of nitrogens with zero attached hydrogens (tertiary/aromatic N) is 1. The minimum absolute atomic E-state index is 0.00335. The summed E-state index contributed by atoms with van der Waals surface area (Å²) in [6.07, 6.45) is 0. The number of hydrogen-bond donors (Lipinski definition) is 4. The molecule has 0 aliphatic rings. The Hall–Kier alpha value is -3.52. The minimum atomic E-state index is -0.536. The van der Waals surface area contributed by atoms with Gasteiger partial charge in [-0.15, -0.1) is 0 Å². The normalized spacial score (nSPS) is 11.5. The van der Waals surface area contributed by atoms with E-state index in [4.69, 9.17) is 22.1 Å². The first-order valence-corrected chi connectivity index (χ1v) is 9.17. The molecule has 9 heteroatoms. The van der Waals surface area contributed by atoms with Crippen LogP contribution in [0, 0.1) is 0 Å². The number of benzene rings is 2. The summed E-state index contributed by atoms with van der Waals surface area (Å²) < 4.78 is 5.08. The molecule has 0 saturated carbocycles. The number of aromatic amines is 1. The molecule has 0 spiro atoms. The van der Waals surface area contributed by atoms with Crippen molar-refractivity contribution in [3.8, 4) is 11.1 Å². The number of aromatic nitrogens is 2. The molecule has 0 fully saturated rings. The van der Waals surface area contributed by atoms with Gasteiger partial charge in [-0.1, -0.05) is 54.1 Å². The molecule has 3 aromatic rings. The van der Waals surface area contributed by atoms with Crippen LogP contribution in [0.5, 0.6) is 0 Å². The molecule has 0 aliphatic carbocycles. The number of ether oxygens (including phenoxy) is 1. The Bertz CT molecular complexity index is 1010. The van der Waals surface area contributed by atoms with Crippen LogP contribution >= 0.6 is 11.6 Å². The number of anilines is 2. The topological polar surface area (TPSA) is 122 Å². The summed E-state index contributed by atoms with van der Waals surface area (Å²) in [5, 5.41) is 12.7. The average molecular weight is 414 g/mol. The van der Waals surface area contributed by atoms with Gasteiger partial charge < -0.3 is 15.8 Å². The minimum Gasteiger partial charge on any atom is -0.463 e. The Kier molecular flexibility index (Phi) is 6.36. The van der Waals surface area contributed by atoms with E-state index in [0.29, 0.717) is 22.0 Å². The lowest BCUT2D eigenvalue weighted by Crippen LogP contribution is -2.35. The summed E-state index contributed by atoms with van der Waals surface area (Å²) in [5.74, 6) is 0.111. The molecule has 0 aliphatic heterocycles. The number of nitrogen functional groups attached to an aromatic ring is 1. The molecular formula is C20H20ClN5O3. The second-order valence-electron chi connectivity index (χ2n) is 6.24. The van der Waals surface area contributed by atoms with Gasteiger partial charge in [-0.25, -0.2) is 4.79 Å². The molecule has 1 heterocycles. The first-order chi connectivity index (χ1) is 13.9. The molecule has 0 saturated heterocycles. The third kappa shape index (κ3) is 5.26. The predicted octanol–water partition coefficient (Wildman–Crippen LogP) is 3.74. The summed E-state index contributed by atoms with van der Waals surface area (Å²) in [6, 6.07) is 15.2. The highest BCUT2D eigenvalue weighted by atomic mass is 35.5. The van der Waals surface area contributed by atoms with Crippen LogP contribution in [0.15, 0.2) is 54.6 Å². The predicted molar refractivity (Wildman–Crippen MR) is 111 cm³/mol. The lowest BCUT2D eigenvalue weighted by atomic mass is 10.1. The SMILES string of the molecule is CC(=O)OC[C@H](NC(=O)Nc1n[nH]c(N)c1-c1cccc(Cl)c1)c1ccccc1. The number of hydrogen-bond acceptors (Lipinski definition) is 5. The standard InChI is InChI=1S/C20H20ClN5O3/c1-12(27)29-11-16(13-6-3-2-4-7-13)23-20(28)24-19-17(18(22)25-26-19)14-8-5-9-15(21)10-14/h2-10,16H,11H2,1H3,(H5,22,23,24,25,26,28)/t16-/m0/s1. The molecule has 2 aromatic carbocycles. The lowest BCUT2D eigenvalue weighted by molar-refractivity contribution is -0.141. The molecule has 0 bridgehead atoms. The van der Waals surface area contributed by atoms with Crippen LogP contribution in [0.1, 0.15) is 18.5 Å². The van der Waals surface area contributed by atoms with Crippen LogP contribution in [-0.2, 0) is 9.53 Å². The molecule has 29 heavy (non-hydrogen) atoms. The number of H-pyrrole nitrogens is 1. The fourth-order valence-electron chi connectivity index (χ4n) is 2.79. The maximum Gasteiger partial charge on any atom is 0.321 e. The number of carbonyl (C=O) groups excluding carboxylic acids is 2. The molecule has 1 aromatic heterocycles. The molecule has 3 rings (SSSR count). The highest BCUT2D eigenvalue weighted by molar-refractivity contribution is 6.30. The van der Waals surface area contributed by atoms with Crippen LogP contribution in [0.4, 0.5) is 16.4 Å². The van der Waals surface area contributed by atoms with Gasteiger partial charge in [-0.05, 0) is 23.3 Å². The van der Waals surface area contributed by atoms with Crippen molar-refractivity contribution in [2.24, 2.45) is 0 Å². The van der Waals surface area contributed by atoms with Crippen molar-refractivity contribution in [1.29, 1.82) is 0 Å². The molecule has 1 atom stereocenters. The van der Waals surface area contributed by atoms with Gasteiger partial charge in [0.25, 0.3) is 0 Å². The lowest BCUT2D eigenvalue weighted by Gasteiger charge is -2.19. The number of halogens is 1. The highest BCUT2D eigenvalue weighted by Gasteiger charge is 2.20. The monoisotopic (exact) mass is 413 g/mol. The zero-order valence-electron chi connectivity index (χ0n) is 15.6. The van der Waals surface area contributed by atoms with E-state index in [0.717, 1.165) is 5.56 Å². The second kappa shape index (κ2) is 9.11. The highest BCUT2D eigenvalue weighted by Crippen LogP contribution is 2.32. The first-order valence-electron chi connectivity index (χ1n) is 8.79. The van der Waals surface area contributed by atoms with Crippen LogP contribution in [0.25, 0.3) is 11.1 Å². The maximum absolute atomic E-state index is 12.6. The molecular weight excluding hydrogens is 394 g/mol. The number of nitrogens with one attached hydrogen (secondary N) is 3. The van der Waals surface area contributed by atoms with Gasteiger partial charge >= 0.3 is 12.0 Å². The second-order valence-corrected chi connectivity index (χ2v) is 6.67. The van der Waals surface area contributed by atoms with E-state index in [1.165, 1.54) is 6.92 Å². The van der Waals surface area contributed by atoms with E-state index in [-0.39, 0.29) is 12.4 Å². The Balaban J connectivity index is 1.78. The van der Waals surface area contributed by atoms with Crippen molar-refractivity contribution < 1.29 is 14.3 Å². The molecule has 0 radical (unpaired) electrons. The van der Waals surface area contributed by atoms with E-state index in [1.807, 2.05) is 36.4 Å². The summed E-state index contributed by atoms with van der Waals surface area (Å²) in [5.41, 5.74) is 8.01. The van der Waals surface area contributed by atoms with Crippen LogP contribution in [0.2, 0.25) is 5.02 Å². The van der Waals surface area contributed by atoms with Gasteiger partial charge in [-0.2, -0.15) is 5.10 Å². The fraction of sp³-hybridized carbons (Fsp3) is 0.150. The Morgan fingerprint density at radius 1 is 1.21 bits per heavy atom. The van der Waals surface area contributed by atoms with E-state index >= 15 is 0 Å². The van der Waals surface area contributed by atoms with Crippen molar-refractivity contribution >= 4 is 35.2 Å². The van der Waals surface area contributed by atoms with E-state index < -0.39 is 18.0 Å². The van der Waals surface area contributed by atoms with Crippen molar-refractivity contribution in [2.45, 2.75) is 13.0 Å². The number of carbonyl (C=O) groups is 2. The van der Waals surface area contributed by atoms with Crippen molar-refractivity contribution in [2.75, 3.05) is 17.7 Å². The summed E-state index contributed by atoms with van der Waals surface area (Å²) in [7, 11) is 0. The molecule has 0 unspecified atom stereocenters. The Labute approximate surface area is 172 Å². The summed E-state index contributed by atoms with van der Waals surface area (Å²) in [6.45, 7) is 1.31.